The van der Waals surface area contributed by atoms with E-state index >= 15 is 0 Å². The number of hydrogen-bond acceptors (Lipinski definition) is 2. The summed E-state index contributed by atoms with van der Waals surface area (Å²) in [6, 6.07) is 4.76. The van der Waals surface area contributed by atoms with Gasteiger partial charge >= 0.3 is 35.5 Å². The topological polar surface area (TPSA) is 50.2 Å². The normalized spacial score (nSPS) is 8.00. The van der Waals surface area contributed by atoms with Crippen molar-refractivity contribution < 1.29 is 9.90 Å². The number of aromatic nitrogens is 1. The van der Waals surface area contributed by atoms with E-state index in [4.69, 9.17) is 5.11 Å². The minimum atomic E-state index is -0.990. The SMILES string of the molecule is O=C(O)c1ccccn1.[NaH]. The van der Waals surface area contributed by atoms with E-state index in [0.29, 0.717) is 0 Å². The van der Waals surface area contributed by atoms with Gasteiger partial charge in [0.1, 0.15) is 5.69 Å². The van der Waals surface area contributed by atoms with Crippen LogP contribution in [0, 0.1) is 0 Å². The zero-order valence-electron chi connectivity index (χ0n) is 4.61. The molecule has 3 nitrogen and oxygen atoms in total. The number of carboxylic acids is 1. The third-order valence-corrected chi connectivity index (χ3v) is 0.884. The van der Waals surface area contributed by atoms with Gasteiger partial charge in [0, 0.05) is 6.20 Å². The molecule has 0 aliphatic heterocycles. The van der Waals surface area contributed by atoms with E-state index in [2.05, 4.69) is 4.98 Å². The molecule has 0 saturated heterocycles. The van der Waals surface area contributed by atoms with Gasteiger partial charge < -0.3 is 5.11 Å². The van der Waals surface area contributed by atoms with Crippen LogP contribution in [-0.2, 0) is 0 Å². The molecule has 1 rings (SSSR count). The minimum absolute atomic E-state index is 0. The monoisotopic (exact) mass is 147 g/mol. The summed E-state index contributed by atoms with van der Waals surface area (Å²) in [6.45, 7) is 0. The van der Waals surface area contributed by atoms with E-state index in [1.165, 1.54) is 12.3 Å². The summed E-state index contributed by atoms with van der Waals surface area (Å²) in [4.78, 5) is 13.7. The van der Waals surface area contributed by atoms with Gasteiger partial charge in [0.2, 0.25) is 0 Å². The zero-order valence-corrected chi connectivity index (χ0v) is 4.61. The molecule has 0 aromatic carbocycles. The van der Waals surface area contributed by atoms with Crippen LogP contribution in [0.4, 0.5) is 0 Å². The molecule has 0 unspecified atom stereocenters. The molecule has 1 aromatic heterocycles. The Morgan fingerprint density at radius 1 is 1.50 bits per heavy atom. The van der Waals surface area contributed by atoms with E-state index in [1.807, 2.05) is 0 Å². The summed E-state index contributed by atoms with van der Waals surface area (Å²) in [7, 11) is 0. The van der Waals surface area contributed by atoms with Crippen LogP contribution in [0.5, 0.6) is 0 Å². The molecule has 1 heterocycles. The van der Waals surface area contributed by atoms with Crippen molar-refractivity contribution in [2.24, 2.45) is 0 Å². The van der Waals surface area contributed by atoms with Crippen LogP contribution in [0.1, 0.15) is 10.5 Å². The predicted molar refractivity (Wildman–Crippen MR) is 38.3 cm³/mol. The van der Waals surface area contributed by atoms with Crippen molar-refractivity contribution in [1.82, 2.24) is 4.98 Å². The Morgan fingerprint density at radius 2 is 2.20 bits per heavy atom. The van der Waals surface area contributed by atoms with Gasteiger partial charge in [0.05, 0.1) is 0 Å². The fourth-order valence-electron chi connectivity index (χ4n) is 0.489. The van der Waals surface area contributed by atoms with E-state index in [1.54, 1.807) is 12.1 Å². The van der Waals surface area contributed by atoms with Crippen molar-refractivity contribution in [3.63, 3.8) is 0 Å². The van der Waals surface area contributed by atoms with Gasteiger partial charge in [-0.25, -0.2) is 9.78 Å². The van der Waals surface area contributed by atoms with Crippen LogP contribution in [0.2, 0.25) is 0 Å². The Balaban J connectivity index is 0.000000810. The Hall–Kier alpha value is -0.380. The summed E-state index contributed by atoms with van der Waals surface area (Å²) >= 11 is 0. The molecular formula is C6H6NNaO2. The molecular weight excluding hydrogens is 141 g/mol. The van der Waals surface area contributed by atoms with Crippen LogP contribution in [-0.4, -0.2) is 45.6 Å². The number of hydrogen-bond donors (Lipinski definition) is 1. The van der Waals surface area contributed by atoms with Gasteiger partial charge in [0.15, 0.2) is 0 Å². The first-order valence-corrected chi connectivity index (χ1v) is 2.45. The Bertz CT molecular complexity index is 212. The number of pyridine rings is 1. The molecule has 0 saturated carbocycles. The van der Waals surface area contributed by atoms with Crippen molar-refractivity contribution in [2.45, 2.75) is 0 Å². The number of aromatic carboxylic acids is 1. The van der Waals surface area contributed by atoms with Crippen molar-refractivity contribution in [3.8, 4) is 0 Å². The number of carbonyl (C=O) groups is 1. The molecule has 0 spiro atoms. The van der Waals surface area contributed by atoms with E-state index < -0.39 is 5.97 Å². The quantitative estimate of drug-likeness (QED) is 0.574. The predicted octanol–water partition coefficient (Wildman–Crippen LogP) is 0.131. The number of rotatable bonds is 1. The van der Waals surface area contributed by atoms with Crippen molar-refractivity contribution in [2.75, 3.05) is 0 Å². The first-order valence-electron chi connectivity index (χ1n) is 2.45. The van der Waals surface area contributed by atoms with Gasteiger partial charge in [0.25, 0.3) is 0 Å². The molecule has 0 radical (unpaired) electrons. The maximum atomic E-state index is 10.1. The van der Waals surface area contributed by atoms with Crippen LogP contribution in [0.3, 0.4) is 0 Å². The van der Waals surface area contributed by atoms with E-state index in [0.717, 1.165) is 0 Å². The summed E-state index contributed by atoms with van der Waals surface area (Å²) in [5.74, 6) is -0.990. The fourth-order valence-corrected chi connectivity index (χ4v) is 0.489. The summed E-state index contributed by atoms with van der Waals surface area (Å²) in [5.41, 5.74) is 0.0810. The second kappa shape index (κ2) is 4.44. The molecule has 48 valence electrons. The van der Waals surface area contributed by atoms with Crippen LogP contribution in [0.15, 0.2) is 24.4 Å². The fraction of sp³-hybridized carbons (Fsp3) is 0. The van der Waals surface area contributed by atoms with Crippen LogP contribution in [0.25, 0.3) is 0 Å². The Morgan fingerprint density at radius 3 is 2.50 bits per heavy atom. The second-order valence-electron chi connectivity index (χ2n) is 1.52. The van der Waals surface area contributed by atoms with E-state index in [9.17, 15) is 4.79 Å². The van der Waals surface area contributed by atoms with Gasteiger partial charge in [-0.3, -0.25) is 0 Å². The molecule has 0 bridgehead atoms. The number of nitrogens with zero attached hydrogens (tertiary/aromatic N) is 1. The third-order valence-electron chi connectivity index (χ3n) is 0.884. The molecule has 1 aromatic rings. The molecule has 1 N–H and O–H groups in total. The third kappa shape index (κ3) is 2.47. The molecule has 0 amide bonds. The van der Waals surface area contributed by atoms with Gasteiger partial charge in [-0.2, -0.15) is 0 Å². The van der Waals surface area contributed by atoms with Gasteiger partial charge in [-0.15, -0.1) is 0 Å². The van der Waals surface area contributed by atoms with Crippen molar-refractivity contribution in [3.05, 3.63) is 30.1 Å². The van der Waals surface area contributed by atoms with Crippen molar-refractivity contribution in [1.29, 1.82) is 0 Å². The first kappa shape index (κ1) is 9.62. The Labute approximate surface area is 80.4 Å². The average molecular weight is 147 g/mol. The summed E-state index contributed by atoms with van der Waals surface area (Å²) < 4.78 is 0. The molecule has 4 heteroatoms. The summed E-state index contributed by atoms with van der Waals surface area (Å²) in [5, 5.41) is 8.32. The van der Waals surface area contributed by atoms with Gasteiger partial charge in [-0.1, -0.05) is 6.07 Å². The molecule has 0 aliphatic carbocycles. The van der Waals surface area contributed by atoms with Crippen molar-refractivity contribution >= 4 is 35.5 Å². The standard InChI is InChI=1S/C6H5NO2.Na.H/c8-6(9)5-3-1-2-4-7-5;;/h1-4H,(H,8,9);;. The molecule has 10 heavy (non-hydrogen) atoms. The van der Waals surface area contributed by atoms with Crippen LogP contribution >= 0.6 is 0 Å². The molecule has 0 atom stereocenters. The second-order valence-corrected chi connectivity index (χ2v) is 1.52. The van der Waals surface area contributed by atoms with Crippen LogP contribution < -0.4 is 0 Å². The molecule has 0 aliphatic rings. The summed E-state index contributed by atoms with van der Waals surface area (Å²) in [6.07, 6.45) is 1.45. The number of carboxylic acid groups (broad SMARTS) is 1. The van der Waals surface area contributed by atoms with Gasteiger partial charge in [-0.05, 0) is 12.1 Å². The van der Waals surface area contributed by atoms with E-state index in [-0.39, 0.29) is 35.3 Å². The first-order chi connectivity index (χ1) is 4.30. The Kier molecular flexibility index (Phi) is 4.27. The maximum absolute atomic E-state index is 10.1. The zero-order chi connectivity index (χ0) is 6.69. The molecule has 0 fully saturated rings. The average Bonchev–Trinajstić information content (AvgIpc) is 1.90.